The number of nitrogens with zero attached hydrogens (tertiary/aromatic N) is 1. The molecule has 7 heteroatoms. The normalized spacial score (nSPS) is 10.0. The summed E-state index contributed by atoms with van der Waals surface area (Å²) in [7, 11) is 0. The van der Waals surface area contributed by atoms with Crippen LogP contribution in [0.15, 0.2) is 12.1 Å². The van der Waals surface area contributed by atoms with E-state index in [1.165, 1.54) is 0 Å². The number of rotatable bonds is 2. The molecular formula is C7H4Cl2NO4-. The molecule has 0 bridgehead atoms. The van der Waals surface area contributed by atoms with Crippen molar-refractivity contribution in [2.75, 3.05) is 5.23 Å². The molecule has 0 aliphatic carbocycles. The highest BCUT2D eigenvalue weighted by Gasteiger charge is 2.12. The lowest BCUT2D eigenvalue weighted by Crippen LogP contribution is -2.23. The number of benzene rings is 1. The van der Waals surface area contributed by atoms with E-state index in [9.17, 15) is 9.90 Å². The predicted molar refractivity (Wildman–Crippen MR) is 46.8 cm³/mol. The SMILES string of the molecule is O=C([O-])c1cc(Cl)cc(N(O)O)c1Cl. The van der Waals surface area contributed by atoms with Crippen LogP contribution in [0.1, 0.15) is 10.4 Å². The van der Waals surface area contributed by atoms with Crippen molar-refractivity contribution in [3.8, 4) is 0 Å². The molecule has 0 heterocycles. The predicted octanol–water partition coefficient (Wildman–Crippen LogP) is 0.942. The Morgan fingerprint density at radius 2 is 1.93 bits per heavy atom. The van der Waals surface area contributed by atoms with Crippen molar-refractivity contribution in [2.45, 2.75) is 0 Å². The molecule has 0 aliphatic heterocycles. The fourth-order valence-electron chi connectivity index (χ4n) is 0.869. The van der Waals surface area contributed by atoms with Crippen molar-refractivity contribution in [3.05, 3.63) is 27.7 Å². The van der Waals surface area contributed by atoms with E-state index < -0.39 is 11.5 Å². The Morgan fingerprint density at radius 3 is 2.36 bits per heavy atom. The minimum absolute atomic E-state index is 0.00306. The van der Waals surface area contributed by atoms with E-state index in [0.717, 1.165) is 12.1 Å². The van der Waals surface area contributed by atoms with Gasteiger partial charge in [0.05, 0.1) is 11.0 Å². The van der Waals surface area contributed by atoms with Gasteiger partial charge in [0.25, 0.3) is 0 Å². The van der Waals surface area contributed by atoms with Crippen LogP contribution in [0, 0.1) is 0 Å². The van der Waals surface area contributed by atoms with Crippen LogP contribution in [0.25, 0.3) is 0 Å². The zero-order chi connectivity index (χ0) is 10.9. The molecule has 1 aromatic rings. The third kappa shape index (κ3) is 2.08. The van der Waals surface area contributed by atoms with E-state index in [0.29, 0.717) is 0 Å². The average Bonchev–Trinajstić information content (AvgIpc) is 2.07. The summed E-state index contributed by atoms with van der Waals surface area (Å²) in [5, 5.41) is 27.2. The zero-order valence-electron chi connectivity index (χ0n) is 6.57. The van der Waals surface area contributed by atoms with E-state index in [-0.39, 0.29) is 21.0 Å². The van der Waals surface area contributed by atoms with Crippen LogP contribution >= 0.6 is 23.2 Å². The van der Waals surface area contributed by atoms with Gasteiger partial charge in [-0.1, -0.05) is 23.2 Å². The van der Waals surface area contributed by atoms with E-state index in [4.69, 9.17) is 33.6 Å². The van der Waals surface area contributed by atoms with E-state index in [1.54, 1.807) is 0 Å². The van der Waals surface area contributed by atoms with Crippen LogP contribution in [-0.4, -0.2) is 16.4 Å². The number of hydrogen-bond acceptors (Lipinski definition) is 5. The first-order valence-corrected chi connectivity index (χ1v) is 4.07. The number of carboxylic acids is 1. The third-order valence-electron chi connectivity index (χ3n) is 1.45. The first-order chi connectivity index (χ1) is 6.43. The molecule has 0 radical (unpaired) electrons. The smallest absolute Gasteiger partial charge is 0.115 e. The highest BCUT2D eigenvalue weighted by Crippen LogP contribution is 2.31. The standard InChI is InChI=1S/C7H5Cl2NO4/c8-3-1-4(7(11)12)6(9)5(2-3)10(13)14/h1-2,13-14H,(H,11,12)/p-1. The van der Waals surface area contributed by atoms with Crippen molar-refractivity contribution in [2.24, 2.45) is 0 Å². The van der Waals surface area contributed by atoms with Crippen molar-refractivity contribution < 1.29 is 20.3 Å². The van der Waals surface area contributed by atoms with Gasteiger partial charge in [0.1, 0.15) is 5.69 Å². The number of carboxylic acid groups (broad SMARTS) is 1. The molecule has 2 N–H and O–H groups in total. The molecular weight excluding hydrogens is 233 g/mol. The minimum Gasteiger partial charge on any atom is -0.545 e. The topological polar surface area (TPSA) is 83.8 Å². The summed E-state index contributed by atoms with van der Waals surface area (Å²) >= 11 is 11.0. The quantitative estimate of drug-likeness (QED) is 0.747. The summed E-state index contributed by atoms with van der Waals surface area (Å²) in [6.45, 7) is 0. The minimum atomic E-state index is -1.55. The molecule has 0 fully saturated rings. The summed E-state index contributed by atoms with van der Waals surface area (Å²) in [6, 6.07) is 2.14. The Morgan fingerprint density at radius 1 is 1.36 bits per heavy atom. The van der Waals surface area contributed by atoms with Crippen LogP contribution < -0.4 is 10.3 Å². The maximum Gasteiger partial charge on any atom is 0.115 e. The highest BCUT2D eigenvalue weighted by molar-refractivity contribution is 6.37. The van der Waals surface area contributed by atoms with Gasteiger partial charge in [-0.2, -0.15) is 0 Å². The maximum atomic E-state index is 10.5. The van der Waals surface area contributed by atoms with Crippen LogP contribution in [0.3, 0.4) is 0 Å². The molecule has 5 nitrogen and oxygen atoms in total. The summed E-state index contributed by atoms with van der Waals surface area (Å²) in [4.78, 5) is 10.5. The van der Waals surface area contributed by atoms with Crippen LogP contribution in [-0.2, 0) is 0 Å². The number of carbonyl (C=O) groups is 1. The molecule has 0 spiro atoms. The Kier molecular flexibility index (Phi) is 3.17. The Labute approximate surface area is 88.6 Å². The number of anilines is 1. The zero-order valence-corrected chi connectivity index (χ0v) is 8.08. The number of aromatic carboxylic acids is 1. The van der Waals surface area contributed by atoms with E-state index in [2.05, 4.69) is 0 Å². The summed E-state index contributed by atoms with van der Waals surface area (Å²) in [5.41, 5.74) is -0.749. The van der Waals surface area contributed by atoms with E-state index in [1.807, 2.05) is 0 Å². The summed E-state index contributed by atoms with van der Waals surface area (Å²) < 4.78 is 0. The van der Waals surface area contributed by atoms with Crippen molar-refractivity contribution in [1.82, 2.24) is 0 Å². The van der Waals surface area contributed by atoms with Crippen LogP contribution in [0.2, 0.25) is 10.0 Å². The number of hydrogen-bond donors (Lipinski definition) is 2. The van der Waals surface area contributed by atoms with Crippen LogP contribution in [0.4, 0.5) is 5.69 Å². The summed E-state index contributed by atoms with van der Waals surface area (Å²) in [6.07, 6.45) is 0. The fourth-order valence-corrected chi connectivity index (χ4v) is 1.34. The Hall–Kier alpha value is -1.01. The van der Waals surface area contributed by atoms with Gasteiger partial charge in [-0.25, -0.2) is 0 Å². The van der Waals surface area contributed by atoms with Gasteiger partial charge in [0, 0.05) is 10.6 Å². The molecule has 14 heavy (non-hydrogen) atoms. The average molecular weight is 237 g/mol. The first-order valence-electron chi connectivity index (χ1n) is 3.31. The van der Waals surface area contributed by atoms with Crippen molar-refractivity contribution in [1.29, 1.82) is 0 Å². The van der Waals surface area contributed by atoms with E-state index >= 15 is 0 Å². The van der Waals surface area contributed by atoms with Gasteiger partial charge in [-0.05, 0) is 12.1 Å². The second-order valence-corrected chi connectivity index (χ2v) is 3.18. The maximum absolute atomic E-state index is 10.5. The third-order valence-corrected chi connectivity index (χ3v) is 2.07. The van der Waals surface area contributed by atoms with Crippen molar-refractivity contribution in [3.63, 3.8) is 0 Å². The first kappa shape index (κ1) is 11.1. The van der Waals surface area contributed by atoms with Crippen LogP contribution in [0.5, 0.6) is 0 Å². The molecule has 0 atom stereocenters. The number of halogens is 2. The lowest BCUT2D eigenvalue weighted by molar-refractivity contribution is -0.255. The van der Waals surface area contributed by atoms with Gasteiger partial charge in [-0.3, -0.25) is 10.4 Å². The monoisotopic (exact) mass is 236 g/mol. The van der Waals surface area contributed by atoms with Gasteiger partial charge < -0.3 is 9.90 Å². The molecule has 0 amide bonds. The summed E-state index contributed by atoms with van der Waals surface area (Å²) in [5.74, 6) is -1.55. The molecule has 1 rings (SSSR count). The molecule has 0 unspecified atom stereocenters. The number of carbonyl (C=O) groups excluding carboxylic acids is 1. The molecule has 0 saturated heterocycles. The van der Waals surface area contributed by atoms with Gasteiger partial charge in [0.15, 0.2) is 0 Å². The lowest BCUT2D eigenvalue weighted by Gasteiger charge is -2.14. The largest absolute Gasteiger partial charge is 0.545 e. The Bertz CT molecular complexity index is 380. The molecule has 1 aromatic carbocycles. The van der Waals surface area contributed by atoms with Gasteiger partial charge in [-0.15, -0.1) is 5.23 Å². The van der Waals surface area contributed by atoms with Gasteiger partial charge >= 0.3 is 0 Å². The second kappa shape index (κ2) is 4.02. The Balaban J connectivity index is 3.40. The lowest BCUT2D eigenvalue weighted by atomic mass is 10.2. The highest BCUT2D eigenvalue weighted by atomic mass is 35.5. The molecule has 0 aliphatic rings. The van der Waals surface area contributed by atoms with Gasteiger partial charge in [0.2, 0.25) is 0 Å². The fraction of sp³-hybridized carbons (Fsp3) is 0. The molecule has 76 valence electrons. The van der Waals surface area contributed by atoms with Crippen molar-refractivity contribution >= 4 is 34.9 Å². The second-order valence-electron chi connectivity index (χ2n) is 2.36. The molecule has 0 saturated carbocycles. The molecule has 0 aromatic heterocycles.